The highest BCUT2D eigenvalue weighted by atomic mass is 16.5. The number of benzene rings is 2. The van der Waals surface area contributed by atoms with Gasteiger partial charge in [0.15, 0.2) is 17.8 Å². The van der Waals surface area contributed by atoms with Crippen molar-refractivity contribution in [1.29, 1.82) is 0 Å². The smallest absolute Gasteiger partial charge is 0.176 e. The van der Waals surface area contributed by atoms with Gasteiger partial charge in [0.25, 0.3) is 0 Å². The zero-order chi connectivity index (χ0) is 20.5. The number of ether oxygens (including phenoxy) is 2. The number of nitrogens with one attached hydrogen (secondary N) is 2. The van der Waals surface area contributed by atoms with Gasteiger partial charge in [0.2, 0.25) is 0 Å². The predicted octanol–water partition coefficient (Wildman–Crippen LogP) is 3.49. The summed E-state index contributed by atoms with van der Waals surface area (Å²) in [5.74, 6) is 2.54. The predicted molar refractivity (Wildman–Crippen MR) is 120 cm³/mol. The van der Waals surface area contributed by atoms with Crippen LogP contribution in [0.1, 0.15) is 29.5 Å². The van der Waals surface area contributed by atoms with Gasteiger partial charge in [0, 0.05) is 55.3 Å². The van der Waals surface area contributed by atoms with Gasteiger partial charge >= 0.3 is 0 Å². The molecule has 0 saturated heterocycles. The number of nitrogens with zero attached hydrogens (tertiary/aromatic N) is 3. The van der Waals surface area contributed by atoms with E-state index in [9.17, 15) is 0 Å². The lowest BCUT2D eigenvalue weighted by molar-refractivity contribution is 0.202. The minimum Gasteiger partial charge on any atom is -0.493 e. The van der Waals surface area contributed by atoms with Crippen LogP contribution in [0.15, 0.2) is 40.3 Å². The molecule has 0 fully saturated rings. The number of methoxy groups -OCH3 is 2. The molecule has 0 saturated carbocycles. The molecule has 0 amide bonds. The largest absolute Gasteiger partial charge is 0.493 e. The third-order valence-corrected chi connectivity index (χ3v) is 5.99. The van der Waals surface area contributed by atoms with Crippen molar-refractivity contribution in [3.8, 4) is 11.5 Å². The van der Waals surface area contributed by atoms with Gasteiger partial charge in [0.1, 0.15) is 5.84 Å². The van der Waals surface area contributed by atoms with Crippen LogP contribution in [0.25, 0.3) is 0 Å². The minimum atomic E-state index is -0.0976. The van der Waals surface area contributed by atoms with Crippen molar-refractivity contribution >= 4 is 23.4 Å². The Morgan fingerprint density at radius 3 is 2.80 bits per heavy atom. The van der Waals surface area contributed by atoms with Crippen LogP contribution in [0.5, 0.6) is 11.5 Å². The van der Waals surface area contributed by atoms with Crippen LogP contribution in [0.2, 0.25) is 0 Å². The summed E-state index contributed by atoms with van der Waals surface area (Å²) >= 11 is 0. The van der Waals surface area contributed by atoms with Crippen LogP contribution in [-0.4, -0.2) is 50.5 Å². The summed E-state index contributed by atoms with van der Waals surface area (Å²) in [6.45, 7) is 2.74. The fourth-order valence-corrected chi connectivity index (χ4v) is 4.39. The van der Waals surface area contributed by atoms with E-state index in [4.69, 9.17) is 14.5 Å². The molecule has 7 nitrogen and oxygen atoms in total. The second kappa shape index (κ2) is 7.99. The van der Waals surface area contributed by atoms with Gasteiger partial charge in [-0.3, -0.25) is 14.9 Å². The molecule has 3 heterocycles. The number of fused-ring (bicyclic) bond motifs is 2. The molecule has 156 valence electrons. The van der Waals surface area contributed by atoms with Gasteiger partial charge < -0.3 is 20.1 Å². The van der Waals surface area contributed by atoms with Gasteiger partial charge in [-0.25, -0.2) is 0 Å². The van der Waals surface area contributed by atoms with E-state index in [-0.39, 0.29) is 6.29 Å². The Kier molecular flexibility index (Phi) is 5.04. The second-order valence-corrected chi connectivity index (χ2v) is 7.81. The van der Waals surface area contributed by atoms with Crippen molar-refractivity contribution in [3.05, 3.63) is 47.0 Å². The molecule has 2 N–H and O–H groups in total. The summed E-state index contributed by atoms with van der Waals surface area (Å²) in [5.41, 5.74) is 5.96. The number of hydrogen-bond acceptors (Lipinski definition) is 7. The molecule has 5 rings (SSSR count). The first-order valence-corrected chi connectivity index (χ1v) is 10.5. The van der Waals surface area contributed by atoms with E-state index in [1.54, 1.807) is 14.2 Å². The summed E-state index contributed by atoms with van der Waals surface area (Å²) in [6.07, 6.45) is 5.00. The van der Waals surface area contributed by atoms with Crippen LogP contribution in [0.4, 0.5) is 11.4 Å². The van der Waals surface area contributed by atoms with Crippen LogP contribution in [0.3, 0.4) is 0 Å². The first kappa shape index (κ1) is 18.9. The molecule has 0 spiro atoms. The Balaban J connectivity index is 1.34. The van der Waals surface area contributed by atoms with Gasteiger partial charge in [-0.2, -0.15) is 0 Å². The number of hydrogen-bond donors (Lipinski definition) is 2. The van der Waals surface area contributed by atoms with Crippen LogP contribution >= 0.6 is 0 Å². The fourth-order valence-electron chi connectivity index (χ4n) is 4.39. The Bertz CT molecular complexity index is 1020. The molecule has 7 heteroatoms. The number of amidine groups is 1. The maximum absolute atomic E-state index is 5.46. The quantitative estimate of drug-likeness (QED) is 0.815. The summed E-state index contributed by atoms with van der Waals surface area (Å²) in [6, 6.07) is 10.5. The SMILES string of the molecule is COc1cc2c(cc1OC)NC(N1CCc3c(cccc3NC3=NCCC3)C1)N=C2. The molecule has 0 aromatic heterocycles. The molecule has 2 aromatic carbocycles. The van der Waals surface area contributed by atoms with Gasteiger partial charge in [-0.15, -0.1) is 0 Å². The molecule has 1 atom stereocenters. The van der Waals surface area contributed by atoms with Gasteiger partial charge in [-0.1, -0.05) is 12.1 Å². The zero-order valence-corrected chi connectivity index (χ0v) is 17.4. The molecule has 0 radical (unpaired) electrons. The Labute approximate surface area is 176 Å². The Morgan fingerprint density at radius 1 is 1.13 bits per heavy atom. The normalized spacial score (nSPS) is 20.1. The standard InChI is InChI=1S/C23H27N5O2/c1-29-20-11-16-13-25-23(27-19(16)12-21(20)30-2)28-10-8-17-15(14-28)5-3-6-18(17)26-22-7-4-9-24-22/h3,5-6,11-13,23,27H,4,7-10,14H2,1-2H3,(H,24,26). The van der Waals surface area contributed by atoms with Crippen molar-refractivity contribution in [2.24, 2.45) is 9.98 Å². The lowest BCUT2D eigenvalue weighted by Crippen LogP contribution is -2.44. The summed E-state index contributed by atoms with van der Waals surface area (Å²) in [4.78, 5) is 11.7. The molecule has 3 aliphatic heterocycles. The molecular formula is C23H27N5O2. The van der Waals surface area contributed by atoms with E-state index < -0.39 is 0 Å². The van der Waals surface area contributed by atoms with Gasteiger partial charge in [0.05, 0.1) is 14.2 Å². The third-order valence-electron chi connectivity index (χ3n) is 5.99. The molecular weight excluding hydrogens is 378 g/mol. The highest BCUT2D eigenvalue weighted by Crippen LogP contribution is 2.35. The number of rotatable bonds is 4. The molecule has 3 aliphatic rings. The third kappa shape index (κ3) is 3.50. The molecule has 1 unspecified atom stereocenters. The molecule has 0 bridgehead atoms. The monoisotopic (exact) mass is 405 g/mol. The summed E-state index contributed by atoms with van der Waals surface area (Å²) in [5, 5.41) is 7.11. The zero-order valence-electron chi connectivity index (χ0n) is 17.4. The highest BCUT2D eigenvalue weighted by molar-refractivity contribution is 5.97. The first-order valence-electron chi connectivity index (χ1n) is 10.5. The van der Waals surface area contributed by atoms with E-state index >= 15 is 0 Å². The first-order chi connectivity index (χ1) is 14.7. The average molecular weight is 406 g/mol. The van der Waals surface area contributed by atoms with Crippen LogP contribution in [0, 0.1) is 0 Å². The van der Waals surface area contributed by atoms with Crippen molar-refractivity contribution in [2.45, 2.75) is 32.1 Å². The topological polar surface area (TPSA) is 70.5 Å². The van der Waals surface area contributed by atoms with E-state index in [0.717, 1.165) is 56.0 Å². The second-order valence-electron chi connectivity index (χ2n) is 7.81. The lowest BCUT2D eigenvalue weighted by Gasteiger charge is -2.36. The summed E-state index contributed by atoms with van der Waals surface area (Å²) in [7, 11) is 3.30. The van der Waals surface area contributed by atoms with Crippen molar-refractivity contribution in [1.82, 2.24) is 4.90 Å². The van der Waals surface area contributed by atoms with E-state index in [1.165, 1.54) is 16.8 Å². The number of anilines is 2. The molecule has 2 aromatic rings. The Morgan fingerprint density at radius 2 is 2.00 bits per heavy atom. The van der Waals surface area contributed by atoms with Crippen LogP contribution in [-0.2, 0) is 13.0 Å². The van der Waals surface area contributed by atoms with Crippen LogP contribution < -0.4 is 20.1 Å². The minimum absolute atomic E-state index is 0.0976. The van der Waals surface area contributed by atoms with E-state index in [0.29, 0.717) is 11.5 Å². The van der Waals surface area contributed by atoms with Crippen molar-refractivity contribution in [3.63, 3.8) is 0 Å². The van der Waals surface area contributed by atoms with Crippen molar-refractivity contribution < 1.29 is 9.47 Å². The van der Waals surface area contributed by atoms with Gasteiger partial charge in [-0.05, 0) is 36.1 Å². The fraction of sp³-hybridized carbons (Fsp3) is 0.391. The number of aliphatic imine (C=N–C) groups is 2. The van der Waals surface area contributed by atoms with E-state index in [1.807, 2.05) is 18.3 Å². The Hall–Kier alpha value is -3.06. The lowest BCUT2D eigenvalue weighted by atomic mass is 9.97. The highest BCUT2D eigenvalue weighted by Gasteiger charge is 2.27. The maximum atomic E-state index is 5.46. The summed E-state index contributed by atoms with van der Waals surface area (Å²) < 4.78 is 10.9. The molecule has 30 heavy (non-hydrogen) atoms. The van der Waals surface area contributed by atoms with E-state index in [2.05, 4.69) is 38.7 Å². The maximum Gasteiger partial charge on any atom is 0.176 e. The van der Waals surface area contributed by atoms with Crippen molar-refractivity contribution in [2.75, 3.05) is 37.9 Å². The average Bonchev–Trinajstić information content (AvgIpc) is 3.30. The molecule has 0 aliphatic carbocycles.